The first-order valence-electron chi connectivity index (χ1n) is 15.3. The zero-order valence-corrected chi connectivity index (χ0v) is 27.1. The molecule has 0 saturated heterocycles. The average molecular weight is 641 g/mol. The molecule has 46 heavy (non-hydrogen) atoms. The summed E-state index contributed by atoms with van der Waals surface area (Å²) >= 11 is 0. The van der Waals surface area contributed by atoms with E-state index in [0.717, 1.165) is 11.1 Å². The molecule has 2 heterocycles. The van der Waals surface area contributed by atoms with E-state index in [4.69, 9.17) is 4.74 Å². The summed E-state index contributed by atoms with van der Waals surface area (Å²) < 4.78 is 50.2. The van der Waals surface area contributed by atoms with Crippen LogP contribution >= 0.6 is 0 Å². The first kappa shape index (κ1) is 31.4. The van der Waals surface area contributed by atoms with Crippen LogP contribution in [-0.4, -0.2) is 25.2 Å². The van der Waals surface area contributed by atoms with E-state index in [0.29, 0.717) is 30.0 Å². The van der Waals surface area contributed by atoms with Crippen LogP contribution in [0.5, 0.6) is 11.5 Å². The van der Waals surface area contributed by atoms with Gasteiger partial charge in [-0.25, -0.2) is 12.8 Å². The van der Waals surface area contributed by atoms with Gasteiger partial charge in [0.2, 0.25) is 0 Å². The van der Waals surface area contributed by atoms with Crippen molar-refractivity contribution in [1.82, 2.24) is 0 Å². The quantitative estimate of drug-likeness (QED) is 0.207. The number of ether oxygens (including phenoxy) is 1. The predicted molar refractivity (Wildman–Crippen MR) is 178 cm³/mol. The van der Waals surface area contributed by atoms with E-state index in [1.165, 1.54) is 29.2 Å². The maximum atomic E-state index is 15.3. The van der Waals surface area contributed by atoms with Crippen LogP contribution in [0.2, 0.25) is 0 Å². The number of phenols is 1. The topological polar surface area (TPSA) is 95.9 Å². The number of hydrogen-bond acceptors (Lipinski definition) is 6. The van der Waals surface area contributed by atoms with Crippen LogP contribution in [0.15, 0.2) is 102 Å². The molecular formula is C37H37FN2O5S. The average Bonchev–Trinajstić information content (AvgIpc) is 3.15. The summed E-state index contributed by atoms with van der Waals surface area (Å²) in [5.41, 5.74) is 2.32. The summed E-state index contributed by atoms with van der Waals surface area (Å²) in [7, 11) is -3.98. The maximum Gasteiger partial charge on any atom is 0.262 e. The smallest absolute Gasteiger partial charge is 0.262 e. The van der Waals surface area contributed by atoms with Crippen LogP contribution in [0.3, 0.4) is 0 Å². The number of hydrogen-bond donors (Lipinski definition) is 2. The molecule has 0 radical (unpaired) electrons. The number of para-hydroxylation sites is 1. The van der Waals surface area contributed by atoms with Crippen molar-refractivity contribution in [2.75, 3.05) is 16.0 Å². The summed E-state index contributed by atoms with van der Waals surface area (Å²) in [5, 5.41) is 14.3. The Balaban J connectivity index is 1.61. The van der Waals surface area contributed by atoms with Crippen molar-refractivity contribution in [2.24, 2.45) is 5.41 Å². The highest BCUT2D eigenvalue weighted by atomic mass is 32.2. The second-order valence-electron chi connectivity index (χ2n) is 13.0. The molecule has 2 aliphatic heterocycles. The largest absolute Gasteiger partial charge is 0.506 e. The lowest BCUT2D eigenvalue weighted by molar-refractivity contribution is 0.0976. The molecule has 9 heteroatoms. The minimum atomic E-state index is -3.98. The number of phenolic OH excluding ortho intramolecular Hbond substituents is 1. The van der Waals surface area contributed by atoms with Gasteiger partial charge in [0.1, 0.15) is 35.7 Å². The van der Waals surface area contributed by atoms with Gasteiger partial charge in [-0.2, -0.15) is 0 Å². The monoisotopic (exact) mass is 640 g/mol. The number of sulfone groups is 1. The van der Waals surface area contributed by atoms with E-state index < -0.39 is 33.0 Å². The number of rotatable bonds is 6. The lowest BCUT2D eigenvalue weighted by Crippen LogP contribution is -2.41. The first-order valence-corrected chi connectivity index (χ1v) is 16.9. The van der Waals surface area contributed by atoms with Crippen LogP contribution in [0.4, 0.5) is 15.8 Å². The summed E-state index contributed by atoms with van der Waals surface area (Å²) in [6.45, 7) is 8.08. The molecule has 2 aliphatic rings. The molecule has 0 saturated carbocycles. The van der Waals surface area contributed by atoms with Gasteiger partial charge in [0.05, 0.1) is 21.9 Å². The summed E-state index contributed by atoms with van der Waals surface area (Å²) in [6.07, 6.45) is 0.350. The zero-order valence-electron chi connectivity index (χ0n) is 26.2. The van der Waals surface area contributed by atoms with Gasteiger partial charge in [-0.15, -0.1) is 0 Å². The molecule has 4 aromatic rings. The Kier molecular flexibility index (Phi) is 8.14. The molecule has 0 bridgehead atoms. The second-order valence-corrected chi connectivity index (χ2v) is 15.0. The number of halogens is 1. The number of nitrogens with one attached hydrogen (secondary N) is 1. The number of allylic oxidation sites excluding steroid dienone is 1. The van der Waals surface area contributed by atoms with E-state index in [9.17, 15) is 18.3 Å². The summed E-state index contributed by atoms with van der Waals surface area (Å²) in [5.74, 6) is -1.28. The lowest BCUT2D eigenvalue weighted by atomic mass is 9.86. The highest BCUT2D eigenvalue weighted by Gasteiger charge is 2.48. The number of amides is 1. The highest BCUT2D eigenvalue weighted by Crippen LogP contribution is 2.52. The van der Waals surface area contributed by atoms with Crippen LogP contribution < -0.4 is 15.0 Å². The number of nitrogens with zero attached hydrogens (tertiary/aromatic N) is 1. The molecule has 1 amide bonds. The van der Waals surface area contributed by atoms with Crippen molar-refractivity contribution in [3.8, 4) is 11.5 Å². The Hall–Kier alpha value is -4.63. The van der Waals surface area contributed by atoms with Crippen molar-refractivity contribution in [3.05, 3.63) is 130 Å². The minimum absolute atomic E-state index is 0.0342. The van der Waals surface area contributed by atoms with Crippen molar-refractivity contribution in [1.29, 1.82) is 0 Å². The van der Waals surface area contributed by atoms with Crippen molar-refractivity contribution in [3.63, 3.8) is 0 Å². The van der Waals surface area contributed by atoms with E-state index >= 15 is 4.39 Å². The van der Waals surface area contributed by atoms with Crippen LogP contribution in [0, 0.1) is 11.2 Å². The molecule has 0 aliphatic carbocycles. The lowest BCUT2D eigenvalue weighted by Gasteiger charge is -2.38. The Bertz CT molecular complexity index is 1950. The third-order valence-electron chi connectivity index (χ3n) is 8.48. The number of aromatic hydroxyl groups is 1. The van der Waals surface area contributed by atoms with Gasteiger partial charge < -0.3 is 15.2 Å². The van der Waals surface area contributed by atoms with Crippen molar-refractivity contribution in [2.45, 2.75) is 52.7 Å². The Morgan fingerprint density at radius 3 is 2.46 bits per heavy atom. The Labute approximate surface area is 269 Å². The van der Waals surface area contributed by atoms with E-state index in [1.807, 2.05) is 64.1 Å². The van der Waals surface area contributed by atoms with Gasteiger partial charge in [0.15, 0.2) is 9.84 Å². The second kappa shape index (κ2) is 11.9. The van der Waals surface area contributed by atoms with Gasteiger partial charge in [0.25, 0.3) is 5.91 Å². The fourth-order valence-electron chi connectivity index (χ4n) is 6.51. The predicted octanol–water partition coefficient (Wildman–Crippen LogP) is 8.10. The third-order valence-corrected chi connectivity index (χ3v) is 10.8. The molecule has 7 nitrogen and oxygen atoms in total. The van der Waals surface area contributed by atoms with Crippen molar-refractivity contribution < 1.29 is 27.4 Å². The van der Waals surface area contributed by atoms with Crippen LogP contribution in [-0.2, 0) is 16.4 Å². The number of anilines is 2. The van der Waals surface area contributed by atoms with Crippen molar-refractivity contribution >= 4 is 27.1 Å². The number of carbonyl (C=O) groups is 1. The summed E-state index contributed by atoms with van der Waals surface area (Å²) in [6, 6.07) is 24.4. The molecule has 238 valence electrons. The number of benzene rings is 4. The molecule has 6 rings (SSSR count). The highest BCUT2D eigenvalue weighted by molar-refractivity contribution is 7.95. The minimum Gasteiger partial charge on any atom is -0.506 e. The molecule has 1 unspecified atom stereocenters. The van der Waals surface area contributed by atoms with E-state index in [1.54, 1.807) is 30.3 Å². The van der Waals surface area contributed by atoms with Gasteiger partial charge >= 0.3 is 0 Å². The SMILES string of the molecule is CC(C)c1cc(OCc2ccccc2)ccc1C1C2=C(CC(C)(C)CS2(=O)=O)Nc2c(O)cccc2N1C(=O)c1ccccc1F. The van der Waals surface area contributed by atoms with Crippen LogP contribution in [0.25, 0.3) is 0 Å². The zero-order chi connectivity index (χ0) is 32.8. The van der Waals surface area contributed by atoms with Gasteiger partial charge in [0, 0.05) is 5.70 Å². The third kappa shape index (κ3) is 5.87. The molecular weight excluding hydrogens is 603 g/mol. The normalized spacial score (nSPS) is 18.3. The van der Waals surface area contributed by atoms with Gasteiger partial charge in [-0.3, -0.25) is 9.69 Å². The maximum absolute atomic E-state index is 15.3. The molecule has 0 fully saturated rings. The molecule has 2 N–H and O–H groups in total. The fraction of sp³-hybridized carbons (Fsp3) is 0.270. The fourth-order valence-corrected chi connectivity index (χ4v) is 8.86. The standard InChI is InChI=1S/C37H37FN2O5S/c1-23(2)28-19-25(45-21-24-11-6-5-7-12-24)17-18-26(28)34-35-30(20-37(3,4)22-46(35,43)44)39-33-31(15-10-16-32(33)41)40(34)36(42)27-13-8-9-14-29(27)38/h5-19,23,34,39,41H,20-22H2,1-4H3. The molecule has 0 aromatic heterocycles. The van der Waals surface area contributed by atoms with E-state index in [2.05, 4.69) is 5.32 Å². The summed E-state index contributed by atoms with van der Waals surface area (Å²) in [4.78, 5) is 15.9. The van der Waals surface area contributed by atoms with Gasteiger partial charge in [-0.05, 0) is 70.8 Å². The first-order chi connectivity index (χ1) is 21.9. The molecule has 4 aromatic carbocycles. The van der Waals surface area contributed by atoms with Crippen LogP contribution in [0.1, 0.15) is 73.1 Å². The molecule has 0 spiro atoms. The Morgan fingerprint density at radius 1 is 1.02 bits per heavy atom. The van der Waals surface area contributed by atoms with Gasteiger partial charge in [-0.1, -0.05) is 82.3 Å². The Morgan fingerprint density at radius 2 is 1.74 bits per heavy atom. The number of carbonyl (C=O) groups excluding carboxylic acids is 1. The number of fused-ring (bicyclic) bond motifs is 1. The van der Waals surface area contributed by atoms with E-state index in [-0.39, 0.29) is 39.3 Å². The molecule has 1 atom stereocenters.